The molecule has 0 aliphatic heterocycles. The van der Waals surface area contributed by atoms with Gasteiger partial charge >= 0.3 is 0 Å². The zero-order valence-electron chi connectivity index (χ0n) is 11.3. The topological polar surface area (TPSA) is 79.7 Å². The average molecular weight is 273 g/mol. The summed E-state index contributed by atoms with van der Waals surface area (Å²) < 4.78 is 1.89. The van der Waals surface area contributed by atoms with Crippen molar-refractivity contribution in [2.45, 2.75) is 13.0 Å². The molecule has 0 radical (unpaired) electrons. The van der Waals surface area contributed by atoms with Crippen LogP contribution >= 0.6 is 0 Å². The zero-order chi connectivity index (χ0) is 14.2. The van der Waals surface area contributed by atoms with Gasteiger partial charge in [0.05, 0.1) is 6.54 Å². The first-order chi connectivity index (χ1) is 9.79. The maximum Gasteiger partial charge on any atom is 0.140 e. The van der Waals surface area contributed by atoms with Gasteiger partial charge in [0.15, 0.2) is 0 Å². The molecule has 2 aromatic rings. The van der Waals surface area contributed by atoms with E-state index in [1.165, 1.54) is 0 Å². The van der Waals surface area contributed by atoms with Crippen LogP contribution in [0.15, 0.2) is 53.9 Å². The highest BCUT2D eigenvalue weighted by molar-refractivity contribution is 5.80. The molecule has 0 saturated carbocycles. The highest BCUT2D eigenvalue weighted by Crippen LogP contribution is 2.13. The van der Waals surface area contributed by atoms with Gasteiger partial charge in [0.25, 0.3) is 0 Å². The third kappa shape index (κ3) is 4.01. The van der Waals surface area contributed by atoms with Crippen molar-refractivity contribution in [2.75, 3.05) is 18.0 Å². The van der Waals surface area contributed by atoms with Gasteiger partial charge < -0.3 is 15.8 Å². The van der Waals surface area contributed by atoms with Gasteiger partial charge in [-0.3, -0.25) is 4.68 Å². The number of nitrogens with zero attached hydrogens (tertiary/aromatic N) is 4. The predicted octanol–water partition coefficient (Wildman–Crippen LogP) is 1.53. The monoisotopic (exact) mass is 273 g/mol. The van der Waals surface area contributed by atoms with E-state index < -0.39 is 0 Å². The first kappa shape index (κ1) is 13.9. The van der Waals surface area contributed by atoms with Crippen molar-refractivity contribution in [2.24, 2.45) is 10.9 Å². The van der Waals surface area contributed by atoms with Crippen LogP contribution in [0.3, 0.4) is 0 Å². The fourth-order valence-electron chi connectivity index (χ4n) is 1.96. The number of oxime groups is 1. The van der Waals surface area contributed by atoms with Crippen molar-refractivity contribution in [1.82, 2.24) is 9.78 Å². The average Bonchev–Trinajstić information content (AvgIpc) is 3.01. The van der Waals surface area contributed by atoms with Gasteiger partial charge in [-0.2, -0.15) is 5.10 Å². The number of para-hydroxylation sites is 1. The Morgan fingerprint density at radius 1 is 1.25 bits per heavy atom. The molecule has 0 amide bonds. The van der Waals surface area contributed by atoms with E-state index in [2.05, 4.69) is 27.3 Å². The van der Waals surface area contributed by atoms with Crippen LogP contribution in [0.2, 0.25) is 0 Å². The summed E-state index contributed by atoms with van der Waals surface area (Å²) in [5.74, 6) is 0.241. The van der Waals surface area contributed by atoms with E-state index in [0.717, 1.165) is 18.8 Å². The molecule has 0 unspecified atom stereocenters. The maximum atomic E-state index is 8.63. The molecule has 0 bridgehead atoms. The van der Waals surface area contributed by atoms with Crippen molar-refractivity contribution in [3.8, 4) is 0 Å². The third-order valence-corrected chi connectivity index (χ3v) is 3.05. The molecule has 1 heterocycles. The van der Waals surface area contributed by atoms with E-state index in [-0.39, 0.29) is 5.84 Å². The molecule has 0 fully saturated rings. The lowest BCUT2D eigenvalue weighted by atomic mass is 10.2. The number of hydrogen-bond donors (Lipinski definition) is 2. The molecule has 0 saturated heterocycles. The van der Waals surface area contributed by atoms with Gasteiger partial charge in [0, 0.05) is 37.6 Å². The Morgan fingerprint density at radius 3 is 2.70 bits per heavy atom. The predicted molar refractivity (Wildman–Crippen MR) is 78.9 cm³/mol. The number of hydrogen-bond acceptors (Lipinski definition) is 4. The number of aromatic nitrogens is 2. The lowest BCUT2D eigenvalue weighted by molar-refractivity contribution is 0.317. The van der Waals surface area contributed by atoms with Gasteiger partial charge in [-0.15, -0.1) is 0 Å². The Labute approximate surface area is 118 Å². The first-order valence-corrected chi connectivity index (χ1v) is 6.53. The molecule has 6 heteroatoms. The van der Waals surface area contributed by atoms with Crippen LogP contribution in [0.1, 0.15) is 6.42 Å². The number of nitrogens with two attached hydrogens (primary N) is 1. The number of rotatable bonds is 7. The van der Waals surface area contributed by atoms with E-state index in [9.17, 15) is 0 Å². The summed E-state index contributed by atoms with van der Waals surface area (Å²) in [6.07, 6.45) is 4.22. The van der Waals surface area contributed by atoms with E-state index in [1.807, 2.05) is 35.1 Å². The second-order valence-corrected chi connectivity index (χ2v) is 4.43. The van der Waals surface area contributed by atoms with E-state index in [1.54, 1.807) is 6.20 Å². The summed E-state index contributed by atoms with van der Waals surface area (Å²) in [5, 5.41) is 15.8. The van der Waals surface area contributed by atoms with Gasteiger partial charge in [0.1, 0.15) is 5.84 Å². The molecule has 1 aromatic carbocycles. The van der Waals surface area contributed by atoms with Gasteiger partial charge in [-0.05, 0) is 18.2 Å². The molecule has 106 valence electrons. The van der Waals surface area contributed by atoms with Gasteiger partial charge in [-0.1, -0.05) is 23.4 Å². The van der Waals surface area contributed by atoms with E-state index in [4.69, 9.17) is 10.9 Å². The Bertz CT molecular complexity index is 524. The zero-order valence-corrected chi connectivity index (χ0v) is 11.3. The second-order valence-electron chi connectivity index (χ2n) is 4.43. The summed E-state index contributed by atoms with van der Waals surface area (Å²) in [6.45, 7) is 2.30. The van der Waals surface area contributed by atoms with Crippen LogP contribution in [-0.2, 0) is 6.54 Å². The van der Waals surface area contributed by atoms with Crippen LogP contribution in [0.25, 0.3) is 0 Å². The summed E-state index contributed by atoms with van der Waals surface area (Å²) in [7, 11) is 0. The van der Waals surface area contributed by atoms with Crippen LogP contribution < -0.4 is 10.6 Å². The molecule has 0 spiro atoms. The number of benzene rings is 1. The Morgan fingerprint density at radius 2 is 2.05 bits per heavy atom. The minimum atomic E-state index is 0.241. The van der Waals surface area contributed by atoms with Crippen LogP contribution in [0, 0.1) is 0 Å². The summed E-state index contributed by atoms with van der Waals surface area (Å²) >= 11 is 0. The van der Waals surface area contributed by atoms with Crippen LogP contribution in [0.5, 0.6) is 0 Å². The summed E-state index contributed by atoms with van der Waals surface area (Å²) in [4.78, 5) is 2.19. The minimum Gasteiger partial charge on any atom is -0.409 e. The minimum absolute atomic E-state index is 0.241. The van der Waals surface area contributed by atoms with Crippen molar-refractivity contribution in [3.63, 3.8) is 0 Å². The smallest absolute Gasteiger partial charge is 0.140 e. The summed E-state index contributed by atoms with van der Waals surface area (Å²) in [6, 6.07) is 12.0. The number of anilines is 1. The number of amidine groups is 1. The Balaban J connectivity index is 2.00. The molecule has 6 nitrogen and oxygen atoms in total. The van der Waals surface area contributed by atoms with Gasteiger partial charge in [-0.25, -0.2) is 0 Å². The van der Waals surface area contributed by atoms with Crippen molar-refractivity contribution in [1.29, 1.82) is 0 Å². The molecule has 1 aromatic heterocycles. The molecular formula is C14H19N5O. The fraction of sp³-hybridized carbons (Fsp3) is 0.286. The second kappa shape index (κ2) is 7.18. The normalized spacial score (nSPS) is 11.5. The fourth-order valence-corrected chi connectivity index (χ4v) is 1.96. The maximum absolute atomic E-state index is 8.63. The quantitative estimate of drug-likeness (QED) is 0.347. The molecule has 2 rings (SSSR count). The molecule has 0 aliphatic carbocycles. The molecular weight excluding hydrogens is 254 g/mol. The first-order valence-electron chi connectivity index (χ1n) is 6.53. The lowest BCUT2D eigenvalue weighted by Gasteiger charge is -2.24. The molecule has 20 heavy (non-hydrogen) atoms. The van der Waals surface area contributed by atoms with E-state index in [0.29, 0.717) is 13.0 Å². The van der Waals surface area contributed by atoms with Crippen molar-refractivity contribution < 1.29 is 5.21 Å². The van der Waals surface area contributed by atoms with E-state index >= 15 is 0 Å². The Kier molecular flexibility index (Phi) is 5.00. The molecule has 3 N–H and O–H groups in total. The summed E-state index contributed by atoms with van der Waals surface area (Å²) in [5.41, 5.74) is 6.66. The van der Waals surface area contributed by atoms with Crippen molar-refractivity contribution in [3.05, 3.63) is 48.8 Å². The highest BCUT2D eigenvalue weighted by atomic mass is 16.4. The largest absolute Gasteiger partial charge is 0.409 e. The SMILES string of the molecule is NC(CCN(CCn1cccn1)c1ccccc1)=NO. The van der Waals surface area contributed by atoms with Crippen LogP contribution in [-0.4, -0.2) is 33.9 Å². The standard InChI is InChI=1S/C14H19N5O/c15-14(17-20)7-10-18(13-5-2-1-3-6-13)11-12-19-9-4-8-16-19/h1-6,8-9,20H,7,10-12H2,(H2,15,17). The molecule has 0 aliphatic rings. The highest BCUT2D eigenvalue weighted by Gasteiger charge is 2.07. The lowest BCUT2D eigenvalue weighted by Crippen LogP contribution is -2.31. The Hall–Kier alpha value is -2.50. The third-order valence-electron chi connectivity index (χ3n) is 3.05. The van der Waals surface area contributed by atoms with Crippen molar-refractivity contribution >= 4 is 11.5 Å². The molecule has 0 atom stereocenters. The van der Waals surface area contributed by atoms with Crippen LogP contribution in [0.4, 0.5) is 5.69 Å². The van der Waals surface area contributed by atoms with Gasteiger partial charge in [0.2, 0.25) is 0 Å².